The van der Waals surface area contributed by atoms with Crippen molar-refractivity contribution in [2.24, 2.45) is 5.92 Å². The molecule has 2 heterocycles. The first-order valence-electron chi connectivity index (χ1n) is 7.72. The monoisotopic (exact) mass is 291 g/mol. The summed E-state index contributed by atoms with van der Waals surface area (Å²) < 4.78 is 20.6. The minimum absolute atomic E-state index is 0.0120. The molecule has 1 aromatic rings. The molecule has 2 fully saturated rings. The Hall–Kier alpha value is -1.42. The normalized spacial score (nSPS) is 27.0. The van der Waals surface area contributed by atoms with Crippen molar-refractivity contribution in [3.05, 3.63) is 35.4 Å². The number of alkyl halides is 1. The fourth-order valence-electron chi connectivity index (χ4n) is 3.46. The molecule has 0 aromatic heterocycles. The van der Waals surface area contributed by atoms with E-state index < -0.39 is 5.67 Å². The van der Waals surface area contributed by atoms with Crippen LogP contribution in [-0.4, -0.2) is 37.1 Å². The van der Waals surface area contributed by atoms with Gasteiger partial charge in [-0.05, 0) is 30.9 Å². The van der Waals surface area contributed by atoms with E-state index in [0.717, 1.165) is 24.0 Å². The van der Waals surface area contributed by atoms with E-state index in [4.69, 9.17) is 4.74 Å². The zero-order chi connectivity index (χ0) is 14.9. The zero-order valence-electron chi connectivity index (χ0n) is 12.5. The molecule has 1 atom stereocenters. The number of hydrogen-bond donors (Lipinski definition) is 0. The molecule has 0 N–H and O–H groups in total. The third-order valence-electron chi connectivity index (χ3n) is 4.73. The van der Waals surface area contributed by atoms with Crippen molar-refractivity contribution in [2.45, 2.75) is 31.9 Å². The topological polar surface area (TPSA) is 29.5 Å². The Morgan fingerprint density at radius 2 is 2.05 bits per heavy atom. The van der Waals surface area contributed by atoms with E-state index in [1.807, 2.05) is 31.2 Å². The number of carbonyl (C=O) groups excluding carboxylic acids is 1. The second-order valence-corrected chi connectivity index (χ2v) is 6.18. The van der Waals surface area contributed by atoms with Gasteiger partial charge in [0.05, 0.1) is 6.54 Å². The summed E-state index contributed by atoms with van der Waals surface area (Å²) in [7, 11) is 0. The van der Waals surface area contributed by atoms with Crippen LogP contribution in [0, 0.1) is 12.8 Å². The van der Waals surface area contributed by atoms with Crippen LogP contribution >= 0.6 is 0 Å². The Labute approximate surface area is 125 Å². The Morgan fingerprint density at radius 1 is 1.33 bits per heavy atom. The summed E-state index contributed by atoms with van der Waals surface area (Å²) in [4.78, 5) is 14.2. The fraction of sp³-hybridized carbons (Fsp3) is 0.588. The third kappa shape index (κ3) is 2.82. The molecule has 1 amide bonds. The van der Waals surface area contributed by atoms with E-state index in [1.54, 1.807) is 4.90 Å². The van der Waals surface area contributed by atoms with Crippen LogP contribution in [0.3, 0.4) is 0 Å². The van der Waals surface area contributed by atoms with Crippen molar-refractivity contribution in [2.75, 3.05) is 26.3 Å². The van der Waals surface area contributed by atoms with Crippen LogP contribution in [0.5, 0.6) is 0 Å². The van der Waals surface area contributed by atoms with E-state index in [-0.39, 0.29) is 18.4 Å². The SMILES string of the molecule is Cc1ccccc1[C@]1(F)CCN(C(=O)C2CCOCC2)C1. The summed E-state index contributed by atoms with van der Waals surface area (Å²) in [5, 5.41) is 0. The summed E-state index contributed by atoms with van der Waals surface area (Å²) >= 11 is 0. The van der Waals surface area contributed by atoms with Gasteiger partial charge in [-0.25, -0.2) is 4.39 Å². The molecule has 1 aromatic carbocycles. The summed E-state index contributed by atoms with van der Waals surface area (Å²) in [6.45, 7) is 3.92. The van der Waals surface area contributed by atoms with Gasteiger partial charge in [0, 0.05) is 32.1 Å². The fourth-order valence-corrected chi connectivity index (χ4v) is 3.46. The minimum Gasteiger partial charge on any atom is -0.381 e. The summed E-state index contributed by atoms with van der Waals surface area (Å²) in [6.07, 6.45) is 1.92. The number of amides is 1. The van der Waals surface area contributed by atoms with Crippen LogP contribution < -0.4 is 0 Å². The molecule has 0 spiro atoms. The number of likely N-dealkylation sites (tertiary alicyclic amines) is 1. The highest BCUT2D eigenvalue weighted by molar-refractivity contribution is 5.79. The smallest absolute Gasteiger partial charge is 0.225 e. The number of aryl methyl sites for hydroxylation is 1. The maximum absolute atomic E-state index is 15.3. The van der Waals surface area contributed by atoms with Crippen LogP contribution in [0.2, 0.25) is 0 Å². The lowest BCUT2D eigenvalue weighted by molar-refractivity contribution is -0.138. The molecule has 4 heteroatoms. The van der Waals surface area contributed by atoms with Crippen molar-refractivity contribution < 1.29 is 13.9 Å². The number of halogens is 1. The van der Waals surface area contributed by atoms with E-state index in [9.17, 15) is 4.79 Å². The van der Waals surface area contributed by atoms with Gasteiger partial charge in [0.25, 0.3) is 0 Å². The highest BCUT2D eigenvalue weighted by Gasteiger charge is 2.43. The van der Waals surface area contributed by atoms with E-state index in [1.165, 1.54) is 0 Å². The Kier molecular flexibility index (Phi) is 3.98. The molecular weight excluding hydrogens is 269 g/mol. The number of carbonyl (C=O) groups is 1. The first-order valence-corrected chi connectivity index (χ1v) is 7.72. The average Bonchev–Trinajstić information content (AvgIpc) is 2.91. The van der Waals surface area contributed by atoms with E-state index in [2.05, 4.69) is 0 Å². The number of rotatable bonds is 2. The molecular formula is C17H22FNO2. The molecule has 0 radical (unpaired) electrons. The quantitative estimate of drug-likeness (QED) is 0.838. The second kappa shape index (κ2) is 5.76. The van der Waals surface area contributed by atoms with Gasteiger partial charge in [0.15, 0.2) is 5.67 Å². The number of hydrogen-bond acceptors (Lipinski definition) is 2. The van der Waals surface area contributed by atoms with Crippen LogP contribution in [0.25, 0.3) is 0 Å². The Morgan fingerprint density at radius 3 is 2.76 bits per heavy atom. The molecule has 0 bridgehead atoms. The molecule has 2 aliphatic rings. The summed E-state index contributed by atoms with van der Waals surface area (Å²) in [6, 6.07) is 7.56. The number of ether oxygens (including phenoxy) is 1. The van der Waals surface area contributed by atoms with E-state index >= 15 is 4.39 Å². The predicted octanol–water partition coefficient (Wildman–Crippen LogP) is 2.82. The lowest BCUT2D eigenvalue weighted by Crippen LogP contribution is -2.38. The maximum atomic E-state index is 15.3. The van der Waals surface area contributed by atoms with Crippen LogP contribution in [-0.2, 0) is 15.2 Å². The lowest BCUT2D eigenvalue weighted by Gasteiger charge is -2.27. The van der Waals surface area contributed by atoms with Gasteiger partial charge in [-0.1, -0.05) is 24.3 Å². The van der Waals surface area contributed by atoms with Gasteiger partial charge >= 0.3 is 0 Å². The Bertz CT molecular complexity index is 527. The Balaban J connectivity index is 1.72. The third-order valence-corrected chi connectivity index (χ3v) is 4.73. The zero-order valence-corrected chi connectivity index (χ0v) is 12.5. The van der Waals surface area contributed by atoms with Gasteiger partial charge in [-0.15, -0.1) is 0 Å². The molecule has 0 aliphatic carbocycles. The number of nitrogens with zero attached hydrogens (tertiary/aromatic N) is 1. The predicted molar refractivity (Wildman–Crippen MR) is 78.7 cm³/mol. The average molecular weight is 291 g/mol. The minimum atomic E-state index is -1.40. The van der Waals surface area contributed by atoms with Crippen molar-refractivity contribution in [3.8, 4) is 0 Å². The van der Waals surface area contributed by atoms with Crippen molar-refractivity contribution in [1.29, 1.82) is 0 Å². The molecule has 2 saturated heterocycles. The molecule has 2 aliphatic heterocycles. The molecule has 3 nitrogen and oxygen atoms in total. The molecule has 0 saturated carbocycles. The lowest BCUT2D eigenvalue weighted by atomic mass is 9.91. The van der Waals surface area contributed by atoms with Crippen molar-refractivity contribution in [1.82, 2.24) is 4.90 Å². The maximum Gasteiger partial charge on any atom is 0.225 e. The molecule has 0 unspecified atom stereocenters. The number of benzene rings is 1. The molecule has 3 rings (SSSR count). The molecule has 21 heavy (non-hydrogen) atoms. The summed E-state index contributed by atoms with van der Waals surface area (Å²) in [5.41, 5.74) is 0.291. The van der Waals surface area contributed by atoms with E-state index in [0.29, 0.717) is 26.2 Å². The van der Waals surface area contributed by atoms with Gasteiger partial charge in [-0.3, -0.25) is 4.79 Å². The highest BCUT2D eigenvalue weighted by atomic mass is 19.1. The van der Waals surface area contributed by atoms with Crippen LogP contribution in [0.4, 0.5) is 4.39 Å². The van der Waals surface area contributed by atoms with Gasteiger partial charge in [0.2, 0.25) is 5.91 Å². The van der Waals surface area contributed by atoms with Crippen molar-refractivity contribution >= 4 is 5.91 Å². The van der Waals surface area contributed by atoms with Crippen molar-refractivity contribution in [3.63, 3.8) is 0 Å². The highest BCUT2D eigenvalue weighted by Crippen LogP contribution is 2.38. The summed E-state index contributed by atoms with van der Waals surface area (Å²) in [5.74, 6) is 0.115. The first-order chi connectivity index (χ1) is 10.1. The van der Waals surface area contributed by atoms with Gasteiger partial charge in [-0.2, -0.15) is 0 Å². The van der Waals surface area contributed by atoms with Crippen LogP contribution in [0.1, 0.15) is 30.4 Å². The van der Waals surface area contributed by atoms with Gasteiger partial charge < -0.3 is 9.64 Å². The standard InChI is InChI=1S/C17H22FNO2/c1-13-4-2-3-5-15(13)17(18)8-9-19(12-17)16(20)14-6-10-21-11-7-14/h2-5,14H,6-12H2,1H3/t17-/m0/s1. The second-order valence-electron chi connectivity index (χ2n) is 6.18. The largest absolute Gasteiger partial charge is 0.381 e. The van der Waals surface area contributed by atoms with Gasteiger partial charge in [0.1, 0.15) is 0 Å². The molecule has 114 valence electrons. The first kappa shape index (κ1) is 14.5. The van der Waals surface area contributed by atoms with Crippen LogP contribution in [0.15, 0.2) is 24.3 Å².